The third-order valence-electron chi connectivity index (χ3n) is 3.16. The van der Waals surface area contributed by atoms with E-state index in [0.29, 0.717) is 17.4 Å². The molecule has 116 valence electrons. The first-order valence-corrected chi connectivity index (χ1v) is 7.15. The quantitative estimate of drug-likeness (QED) is 0.879. The maximum Gasteiger partial charge on any atom is 0.335 e. The van der Waals surface area contributed by atoms with Gasteiger partial charge in [-0.05, 0) is 24.6 Å². The van der Waals surface area contributed by atoms with E-state index in [1.54, 1.807) is 0 Å². The Balaban J connectivity index is 2.54. The SMILES string of the molecule is CCCNC(=O)Cn1c(=O)ccc2cc(C(=O)O)cc(Cl)c21. The number of hydrogen-bond acceptors (Lipinski definition) is 3. The lowest BCUT2D eigenvalue weighted by Gasteiger charge is -2.12. The van der Waals surface area contributed by atoms with Crippen molar-refractivity contribution in [3.63, 3.8) is 0 Å². The molecule has 0 spiro atoms. The number of carbonyl (C=O) groups excluding carboxylic acids is 1. The topological polar surface area (TPSA) is 88.4 Å². The zero-order chi connectivity index (χ0) is 16.3. The lowest BCUT2D eigenvalue weighted by atomic mass is 10.1. The highest BCUT2D eigenvalue weighted by atomic mass is 35.5. The Labute approximate surface area is 131 Å². The van der Waals surface area contributed by atoms with Crippen LogP contribution < -0.4 is 10.9 Å². The number of hydrogen-bond donors (Lipinski definition) is 2. The van der Waals surface area contributed by atoms with E-state index >= 15 is 0 Å². The number of amides is 1. The molecule has 0 radical (unpaired) electrons. The molecule has 0 aliphatic rings. The van der Waals surface area contributed by atoms with Gasteiger partial charge in [-0.1, -0.05) is 18.5 Å². The highest BCUT2D eigenvalue weighted by Crippen LogP contribution is 2.24. The minimum Gasteiger partial charge on any atom is -0.478 e. The Morgan fingerprint density at radius 2 is 2.05 bits per heavy atom. The molecule has 1 heterocycles. The Kier molecular flexibility index (Phi) is 4.82. The number of halogens is 1. The molecule has 0 fully saturated rings. The van der Waals surface area contributed by atoms with Crippen LogP contribution in [0.4, 0.5) is 0 Å². The van der Waals surface area contributed by atoms with Crippen molar-refractivity contribution in [1.29, 1.82) is 0 Å². The van der Waals surface area contributed by atoms with Crippen LogP contribution in [0.5, 0.6) is 0 Å². The minimum atomic E-state index is -1.11. The number of aromatic carboxylic acids is 1. The van der Waals surface area contributed by atoms with Crippen molar-refractivity contribution in [2.75, 3.05) is 6.54 Å². The maximum absolute atomic E-state index is 12.0. The molecule has 0 bridgehead atoms. The summed E-state index contributed by atoms with van der Waals surface area (Å²) >= 11 is 6.12. The van der Waals surface area contributed by atoms with Gasteiger partial charge >= 0.3 is 5.97 Å². The molecule has 0 atom stereocenters. The minimum absolute atomic E-state index is 0.0260. The Morgan fingerprint density at radius 1 is 1.32 bits per heavy atom. The summed E-state index contributed by atoms with van der Waals surface area (Å²) in [6.07, 6.45) is 0.791. The first-order valence-electron chi connectivity index (χ1n) is 6.77. The highest BCUT2D eigenvalue weighted by molar-refractivity contribution is 6.35. The lowest BCUT2D eigenvalue weighted by Crippen LogP contribution is -2.32. The van der Waals surface area contributed by atoms with Gasteiger partial charge in [0.25, 0.3) is 5.56 Å². The van der Waals surface area contributed by atoms with Crippen molar-refractivity contribution in [3.8, 4) is 0 Å². The van der Waals surface area contributed by atoms with Crippen molar-refractivity contribution < 1.29 is 14.7 Å². The largest absolute Gasteiger partial charge is 0.478 e. The summed E-state index contributed by atoms with van der Waals surface area (Å²) in [7, 11) is 0. The fraction of sp³-hybridized carbons (Fsp3) is 0.267. The van der Waals surface area contributed by atoms with Gasteiger partial charge in [-0.15, -0.1) is 0 Å². The third kappa shape index (κ3) is 3.28. The molecule has 0 aliphatic heterocycles. The summed E-state index contributed by atoms with van der Waals surface area (Å²) in [6, 6.07) is 5.48. The first kappa shape index (κ1) is 16.0. The third-order valence-corrected chi connectivity index (χ3v) is 3.44. The predicted molar refractivity (Wildman–Crippen MR) is 83.5 cm³/mol. The van der Waals surface area contributed by atoms with E-state index in [9.17, 15) is 14.4 Å². The molecule has 0 aliphatic carbocycles. The standard InChI is InChI=1S/C15H15ClN2O4/c1-2-5-17-12(19)8-18-13(20)4-3-9-6-10(15(21)22)7-11(16)14(9)18/h3-4,6-7H,2,5,8H2,1H3,(H,17,19)(H,21,22). The average Bonchev–Trinajstić information content (AvgIpc) is 2.47. The number of aromatic nitrogens is 1. The van der Waals surface area contributed by atoms with E-state index in [0.717, 1.165) is 6.42 Å². The number of carbonyl (C=O) groups is 2. The molecular formula is C15H15ClN2O4. The molecule has 7 heteroatoms. The summed E-state index contributed by atoms with van der Waals surface area (Å²) in [6.45, 7) is 2.28. The number of fused-ring (bicyclic) bond motifs is 1. The molecule has 0 unspecified atom stereocenters. The molecule has 1 amide bonds. The zero-order valence-corrected chi connectivity index (χ0v) is 12.7. The van der Waals surface area contributed by atoms with E-state index < -0.39 is 5.97 Å². The van der Waals surface area contributed by atoms with Crippen molar-refractivity contribution in [2.24, 2.45) is 0 Å². The van der Waals surface area contributed by atoms with Gasteiger partial charge in [0.2, 0.25) is 5.91 Å². The molecular weight excluding hydrogens is 308 g/mol. The Bertz CT molecular complexity index is 798. The average molecular weight is 323 g/mol. The number of nitrogens with one attached hydrogen (secondary N) is 1. The number of carboxylic acids is 1. The van der Waals surface area contributed by atoms with Gasteiger partial charge in [0.05, 0.1) is 16.1 Å². The number of rotatable bonds is 5. The molecule has 2 rings (SSSR count). The van der Waals surface area contributed by atoms with E-state index in [2.05, 4.69) is 5.32 Å². The van der Waals surface area contributed by atoms with Crippen LogP contribution in [0.3, 0.4) is 0 Å². The molecule has 6 nitrogen and oxygen atoms in total. The van der Waals surface area contributed by atoms with Crippen molar-refractivity contribution >= 4 is 34.4 Å². The van der Waals surface area contributed by atoms with Gasteiger partial charge < -0.3 is 10.4 Å². The molecule has 2 N–H and O–H groups in total. The summed E-state index contributed by atoms with van der Waals surface area (Å²) < 4.78 is 1.24. The fourth-order valence-corrected chi connectivity index (χ4v) is 2.47. The van der Waals surface area contributed by atoms with E-state index in [1.807, 2.05) is 6.92 Å². The number of carboxylic acid groups (broad SMARTS) is 1. The van der Waals surface area contributed by atoms with E-state index in [1.165, 1.54) is 28.8 Å². The van der Waals surface area contributed by atoms with Crippen LogP contribution in [0.2, 0.25) is 5.02 Å². The molecule has 22 heavy (non-hydrogen) atoms. The van der Waals surface area contributed by atoms with Gasteiger partial charge in [0.15, 0.2) is 0 Å². The van der Waals surface area contributed by atoms with E-state index in [-0.39, 0.29) is 28.6 Å². The molecule has 2 aromatic rings. The summed E-state index contributed by atoms with van der Waals surface area (Å²) in [5.74, 6) is -1.41. The fourth-order valence-electron chi connectivity index (χ4n) is 2.14. The van der Waals surface area contributed by atoms with Gasteiger partial charge in [-0.3, -0.25) is 14.2 Å². The van der Waals surface area contributed by atoms with Gasteiger partial charge in [0.1, 0.15) is 6.54 Å². The van der Waals surface area contributed by atoms with Crippen molar-refractivity contribution in [1.82, 2.24) is 9.88 Å². The van der Waals surface area contributed by atoms with Crippen LogP contribution in [0.1, 0.15) is 23.7 Å². The lowest BCUT2D eigenvalue weighted by molar-refractivity contribution is -0.121. The van der Waals surface area contributed by atoms with Crippen LogP contribution in [-0.2, 0) is 11.3 Å². The summed E-state index contributed by atoms with van der Waals surface area (Å²) in [5.41, 5.74) is 0.00747. The normalized spacial score (nSPS) is 10.6. The van der Waals surface area contributed by atoms with Gasteiger partial charge in [-0.25, -0.2) is 4.79 Å². The molecule has 0 saturated carbocycles. The predicted octanol–water partition coefficient (Wildman–Crippen LogP) is 1.88. The van der Waals surface area contributed by atoms with E-state index in [4.69, 9.17) is 16.7 Å². The smallest absolute Gasteiger partial charge is 0.335 e. The Morgan fingerprint density at radius 3 is 2.68 bits per heavy atom. The second-order valence-corrected chi connectivity index (χ2v) is 5.22. The van der Waals surface area contributed by atoms with Crippen LogP contribution in [0, 0.1) is 0 Å². The van der Waals surface area contributed by atoms with Crippen molar-refractivity contribution in [3.05, 3.63) is 45.2 Å². The zero-order valence-electron chi connectivity index (χ0n) is 11.9. The highest BCUT2D eigenvalue weighted by Gasteiger charge is 2.14. The van der Waals surface area contributed by atoms with Crippen LogP contribution in [0.25, 0.3) is 10.9 Å². The van der Waals surface area contributed by atoms with Crippen LogP contribution in [-0.4, -0.2) is 28.1 Å². The number of benzene rings is 1. The number of pyridine rings is 1. The Hall–Kier alpha value is -2.34. The molecule has 0 saturated heterocycles. The van der Waals surface area contributed by atoms with Crippen LogP contribution in [0.15, 0.2) is 29.1 Å². The second-order valence-electron chi connectivity index (χ2n) is 4.81. The first-order chi connectivity index (χ1) is 10.4. The monoisotopic (exact) mass is 322 g/mol. The summed E-state index contributed by atoms with van der Waals surface area (Å²) in [4.78, 5) is 34.9. The van der Waals surface area contributed by atoms with Gasteiger partial charge in [0, 0.05) is 18.0 Å². The van der Waals surface area contributed by atoms with Gasteiger partial charge in [-0.2, -0.15) is 0 Å². The maximum atomic E-state index is 12.0. The number of nitrogens with zero attached hydrogens (tertiary/aromatic N) is 1. The van der Waals surface area contributed by atoms with Crippen LogP contribution >= 0.6 is 11.6 Å². The van der Waals surface area contributed by atoms with Crippen molar-refractivity contribution in [2.45, 2.75) is 19.9 Å². The summed E-state index contributed by atoms with van der Waals surface area (Å²) in [5, 5.41) is 12.3. The second kappa shape index (κ2) is 6.62. The molecule has 1 aromatic carbocycles. The molecule has 1 aromatic heterocycles.